The van der Waals surface area contributed by atoms with Gasteiger partial charge in [-0.25, -0.2) is 9.67 Å². The van der Waals surface area contributed by atoms with Crippen LogP contribution in [0.2, 0.25) is 0 Å². The first-order chi connectivity index (χ1) is 12.8. The number of hydrogen-bond acceptors (Lipinski definition) is 5. The number of hydrogen-bond donors (Lipinski definition) is 1. The van der Waals surface area contributed by atoms with Gasteiger partial charge in [0.25, 0.3) is 0 Å². The van der Waals surface area contributed by atoms with Crippen molar-refractivity contribution in [3.8, 4) is 0 Å². The van der Waals surface area contributed by atoms with E-state index in [2.05, 4.69) is 9.58 Å². The molecule has 2 heterocycles. The Bertz CT molecular complexity index is 691. The van der Waals surface area contributed by atoms with Crippen LogP contribution in [0.4, 0.5) is 0 Å². The van der Waals surface area contributed by atoms with Crippen LogP contribution in [0.3, 0.4) is 0 Å². The lowest BCUT2D eigenvalue weighted by Crippen LogP contribution is -2.36. The second kappa shape index (κ2) is 8.29. The van der Waals surface area contributed by atoms with Crippen molar-refractivity contribution in [3.05, 3.63) is 47.5 Å². The minimum absolute atomic E-state index is 0.406. The average Bonchev–Trinajstić information content (AvgIpc) is 3.13. The lowest BCUT2D eigenvalue weighted by molar-refractivity contribution is 0.0320. The van der Waals surface area contributed by atoms with Crippen molar-refractivity contribution in [1.29, 1.82) is 0 Å². The molecule has 2 aliphatic rings. The zero-order valence-corrected chi connectivity index (χ0v) is 15.3. The number of aliphatic hydroxyl groups is 1. The quantitative estimate of drug-likeness (QED) is 0.892. The minimum atomic E-state index is -0.774. The van der Waals surface area contributed by atoms with Gasteiger partial charge in [0.05, 0.1) is 25.8 Å². The molecule has 0 radical (unpaired) electrons. The Balaban J connectivity index is 1.60. The summed E-state index contributed by atoms with van der Waals surface area (Å²) in [4.78, 5) is 7.14. The molecule has 0 unspecified atom stereocenters. The number of rotatable bonds is 5. The van der Waals surface area contributed by atoms with E-state index in [9.17, 15) is 5.11 Å². The van der Waals surface area contributed by atoms with E-state index in [1.807, 2.05) is 30.3 Å². The van der Waals surface area contributed by atoms with E-state index >= 15 is 0 Å². The van der Waals surface area contributed by atoms with Gasteiger partial charge in [0.1, 0.15) is 11.9 Å². The van der Waals surface area contributed by atoms with E-state index in [-0.39, 0.29) is 0 Å². The molecule has 1 aromatic carbocycles. The molecule has 2 aromatic rings. The Labute approximate surface area is 154 Å². The number of morpholine rings is 1. The van der Waals surface area contributed by atoms with E-state index in [0.717, 1.165) is 57.1 Å². The standard InChI is InChI=1S/C20H28N4O2/c25-19(16-7-3-1-4-8-16)20-21-18(15-23-11-13-26-14-12-23)24(22-20)17-9-5-2-6-10-17/h1,3-4,7-8,17,19,25H,2,5-6,9-15H2/t19-/m0/s1. The van der Waals surface area contributed by atoms with Crippen molar-refractivity contribution in [1.82, 2.24) is 19.7 Å². The maximum absolute atomic E-state index is 10.8. The lowest BCUT2D eigenvalue weighted by Gasteiger charge is -2.28. The molecule has 1 aliphatic carbocycles. The summed E-state index contributed by atoms with van der Waals surface area (Å²) in [6.45, 7) is 4.17. The molecule has 0 spiro atoms. The summed E-state index contributed by atoms with van der Waals surface area (Å²) in [7, 11) is 0. The topological polar surface area (TPSA) is 63.4 Å². The van der Waals surface area contributed by atoms with Gasteiger partial charge in [-0.2, -0.15) is 5.10 Å². The number of ether oxygens (including phenoxy) is 1. The third-order valence-corrected chi connectivity index (χ3v) is 5.47. The molecule has 2 fully saturated rings. The highest BCUT2D eigenvalue weighted by Gasteiger charge is 2.25. The number of aromatic nitrogens is 3. The van der Waals surface area contributed by atoms with Gasteiger partial charge in [-0.15, -0.1) is 0 Å². The zero-order chi connectivity index (χ0) is 17.8. The van der Waals surface area contributed by atoms with Gasteiger partial charge in [-0.3, -0.25) is 4.90 Å². The van der Waals surface area contributed by atoms with Crippen LogP contribution in [0.25, 0.3) is 0 Å². The van der Waals surface area contributed by atoms with E-state index < -0.39 is 6.10 Å². The third kappa shape index (κ3) is 3.98. The normalized spacial score (nSPS) is 21.0. The van der Waals surface area contributed by atoms with Gasteiger partial charge in [0.2, 0.25) is 0 Å². The molecule has 6 nitrogen and oxygen atoms in total. The van der Waals surface area contributed by atoms with Crippen molar-refractivity contribution < 1.29 is 9.84 Å². The fourth-order valence-electron chi connectivity index (χ4n) is 3.96. The summed E-state index contributed by atoms with van der Waals surface area (Å²) in [6.07, 6.45) is 5.34. The highest BCUT2D eigenvalue weighted by atomic mass is 16.5. The molecule has 26 heavy (non-hydrogen) atoms. The van der Waals surface area contributed by atoms with Crippen LogP contribution in [-0.2, 0) is 11.3 Å². The Morgan fingerprint density at radius 2 is 1.81 bits per heavy atom. The molecule has 0 bridgehead atoms. The summed E-state index contributed by atoms with van der Waals surface area (Å²) in [5.41, 5.74) is 0.839. The fourth-order valence-corrected chi connectivity index (χ4v) is 3.96. The van der Waals surface area contributed by atoms with Crippen LogP contribution >= 0.6 is 0 Å². The molecule has 140 valence electrons. The monoisotopic (exact) mass is 356 g/mol. The van der Waals surface area contributed by atoms with Crippen LogP contribution in [-0.4, -0.2) is 51.1 Å². The van der Waals surface area contributed by atoms with Crippen LogP contribution in [0.1, 0.15) is 61.5 Å². The lowest BCUT2D eigenvalue weighted by atomic mass is 9.95. The molecule has 1 atom stereocenters. The summed E-state index contributed by atoms with van der Waals surface area (Å²) in [5.74, 6) is 1.49. The highest BCUT2D eigenvalue weighted by molar-refractivity contribution is 5.22. The van der Waals surface area contributed by atoms with Crippen LogP contribution in [0.5, 0.6) is 0 Å². The summed E-state index contributed by atoms with van der Waals surface area (Å²) < 4.78 is 7.57. The number of nitrogens with zero attached hydrogens (tertiary/aromatic N) is 4. The summed E-state index contributed by atoms with van der Waals surface area (Å²) >= 11 is 0. The van der Waals surface area contributed by atoms with Gasteiger partial charge >= 0.3 is 0 Å². The van der Waals surface area contributed by atoms with Gasteiger partial charge in [-0.05, 0) is 18.4 Å². The second-order valence-electron chi connectivity index (χ2n) is 7.32. The smallest absolute Gasteiger partial charge is 0.184 e. The predicted octanol–water partition coefficient (Wildman–Crippen LogP) is 2.70. The highest BCUT2D eigenvalue weighted by Crippen LogP contribution is 2.30. The van der Waals surface area contributed by atoms with E-state index in [4.69, 9.17) is 14.8 Å². The van der Waals surface area contributed by atoms with Crippen molar-refractivity contribution in [2.45, 2.75) is 50.8 Å². The Hall–Kier alpha value is -1.76. The second-order valence-corrected chi connectivity index (χ2v) is 7.32. The average molecular weight is 356 g/mol. The third-order valence-electron chi connectivity index (χ3n) is 5.47. The number of aliphatic hydroxyl groups excluding tert-OH is 1. The van der Waals surface area contributed by atoms with E-state index in [1.165, 1.54) is 19.3 Å². The zero-order valence-electron chi connectivity index (χ0n) is 15.3. The van der Waals surface area contributed by atoms with Crippen molar-refractivity contribution in [3.63, 3.8) is 0 Å². The Morgan fingerprint density at radius 3 is 2.54 bits per heavy atom. The Kier molecular flexibility index (Phi) is 5.62. The van der Waals surface area contributed by atoms with Gasteiger partial charge in [0.15, 0.2) is 5.82 Å². The Morgan fingerprint density at radius 1 is 1.08 bits per heavy atom. The number of benzene rings is 1. The first-order valence-electron chi connectivity index (χ1n) is 9.79. The molecule has 0 amide bonds. The molecular weight excluding hydrogens is 328 g/mol. The molecule has 1 N–H and O–H groups in total. The maximum atomic E-state index is 10.8. The van der Waals surface area contributed by atoms with Crippen LogP contribution < -0.4 is 0 Å². The van der Waals surface area contributed by atoms with Gasteiger partial charge < -0.3 is 9.84 Å². The maximum Gasteiger partial charge on any atom is 0.184 e. The van der Waals surface area contributed by atoms with Crippen LogP contribution in [0, 0.1) is 0 Å². The van der Waals surface area contributed by atoms with Crippen LogP contribution in [0.15, 0.2) is 30.3 Å². The molecule has 1 aromatic heterocycles. The summed E-state index contributed by atoms with van der Waals surface area (Å²) in [6, 6.07) is 10.1. The SMILES string of the molecule is O[C@@H](c1ccccc1)c1nc(CN2CCOCC2)n(C2CCCCC2)n1. The van der Waals surface area contributed by atoms with E-state index in [0.29, 0.717) is 11.9 Å². The largest absolute Gasteiger partial charge is 0.380 e. The van der Waals surface area contributed by atoms with Gasteiger partial charge in [-0.1, -0.05) is 49.6 Å². The first kappa shape index (κ1) is 17.6. The molecule has 1 aliphatic heterocycles. The van der Waals surface area contributed by atoms with Gasteiger partial charge in [0, 0.05) is 13.1 Å². The molecule has 6 heteroatoms. The van der Waals surface area contributed by atoms with Crippen molar-refractivity contribution in [2.24, 2.45) is 0 Å². The molecule has 1 saturated heterocycles. The van der Waals surface area contributed by atoms with Crippen molar-refractivity contribution in [2.75, 3.05) is 26.3 Å². The fraction of sp³-hybridized carbons (Fsp3) is 0.600. The predicted molar refractivity (Wildman–Crippen MR) is 98.7 cm³/mol. The molecule has 4 rings (SSSR count). The van der Waals surface area contributed by atoms with Crippen molar-refractivity contribution >= 4 is 0 Å². The summed E-state index contributed by atoms with van der Waals surface area (Å²) in [5, 5.41) is 15.5. The van der Waals surface area contributed by atoms with E-state index in [1.54, 1.807) is 0 Å². The molecular formula is C20H28N4O2. The molecule has 1 saturated carbocycles. The minimum Gasteiger partial charge on any atom is -0.380 e. The first-order valence-corrected chi connectivity index (χ1v) is 9.79.